The van der Waals surface area contributed by atoms with Crippen molar-refractivity contribution in [2.45, 2.75) is 13.8 Å². The number of hydrogen-bond acceptors (Lipinski definition) is 5. The first kappa shape index (κ1) is 15.7. The van der Waals surface area contributed by atoms with Gasteiger partial charge >= 0.3 is 0 Å². The van der Waals surface area contributed by atoms with Gasteiger partial charge in [0.25, 0.3) is 0 Å². The van der Waals surface area contributed by atoms with E-state index in [9.17, 15) is 4.79 Å². The van der Waals surface area contributed by atoms with Crippen molar-refractivity contribution < 1.29 is 20.2 Å². The fourth-order valence-corrected chi connectivity index (χ4v) is 1.59. The van der Waals surface area contributed by atoms with Gasteiger partial charge in [-0.05, 0) is 5.92 Å². The molecule has 1 atom stereocenters. The van der Waals surface area contributed by atoms with Gasteiger partial charge in [0.15, 0.2) is 5.84 Å². The number of nitrogens with zero attached hydrogens (tertiary/aromatic N) is 2. The highest BCUT2D eigenvalue weighted by Crippen LogP contribution is 2.14. The van der Waals surface area contributed by atoms with E-state index in [1.54, 1.807) is 13.8 Å². The number of amidine groups is 1. The van der Waals surface area contributed by atoms with E-state index >= 15 is 0 Å². The Labute approximate surface area is 101 Å². The molecule has 0 saturated heterocycles. The zero-order valence-electron chi connectivity index (χ0n) is 10.2. The maximum Gasteiger partial charge on any atom is 0.233 e. The van der Waals surface area contributed by atoms with Crippen molar-refractivity contribution in [1.29, 1.82) is 0 Å². The molecule has 1 unspecified atom stereocenters. The van der Waals surface area contributed by atoms with Crippen molar-refractivity contribution in [2.24, 2.45) is 22.7 Å². The van der Waals surface area contributed by atoms with Crippen LogP contribution in [0.4, 0.5) is 0 Å². The molecule has 7 nitrogen and oxygen atoms in total. The molecule has 0 radical (unpaired) electrons. The van der Waals surface area contributed by atoms with E-state index in [1.165, 1.54) is 4.90 Å². The quantitative estimate of drug-likeness (QED) is 0.195. The molecule has 5 N–H and O–H groups in total. The maximum atomic E-state index is 12.1. The van der Waals surface area contributed by atoms with E-state index in [2.05, 4.69) is 5.16 Å². The van der Waals surface area contributed by atoms with Gasteiger partial charge < -0.3 is 26.1 Å². The fourth-order valence-electron chi connectivity index (χ4n) is 1.59. The minimum atomic E-state index is -0.752. The van der Waals surface area contributed by atoms with Crippen LogP contribution in [0.25, 0.3) is 0 Å². The van der Waals surface area contributed by atoms with E-state index in [1.807, 2.05) is 0 Å². The molecule has 0 aromatic rings. The third-order valence-corrected chi connectivity index (χ3v) is 2.42. The molecule has 0 aliphatic heterocycles. The van der Waals surface area contributed by atoms with Gasteiger partial charge in [0.05, 0.1) is 13.2 Å². The molecule has 0 aromatic carbocycles. The summed E-state index contributed by atoms with van der Waals surface area (Å²) in [5.74, 6) is -1.42. The summed E-state index contributed by atoms with van der Waals surface area (Å²) in [7, 11) is 0. The molecule has 0 fully saturated rings. The summed E-state index contributed by atoms with van der Waals surface area (Å²) < 4.78 is 0. The second kappa shape index (κ2) is 7.86. The van der Waals surface area contributed by atoms with Gasteiger partial charge in [-0.3, -0.25) is 4.79 Å². The highest BCUT2D eigenvalue weighted by Gasteiger charge is 2.30. The predicted octanol–water partition coefficient (Wildman–Crippen LogP) is -1.18. The van der Waals surface area contributed by atoms with Crippen LogP contribution in [0.1, 0.15) is 13.8 Å². The van der Waals surface area contributed by atoms with Crippen LogP contribution in [0.3, 0.4) is 0 Å². The Hall–Kier alpha value is -1.34. The number of carbonyl (C=O) groups excluding carboxylic acids is 1. The first-order valence-electron chi connectivity index (χ1n) is 5.47. The Morgan fingerprint density at radius 2 is 1.76 bits per heavy atom. The van der Waals surface area contributed by atoms with E-state index in [0.29, 0.717) is 0 Å². The maximum absolute atomic E-state index is 12.1. The molecule has 0 aliphatic rings. The number of rotatable bonds is 7. The van der Waals surface area contributed by atoms with E-state index < -0.39 is 5.92 Å². The average molecular weight is 247 g/mol. The smallest absolute Gasteiger partial charge is 0.233 e. The molecule has 0 heterocycles. The van der Waals surface area contributed by atoms with Crippen molar-refractivity contribution in [3.05, 3.63) is 0 Å². The standard InChI is InChI=1S/C10H21N3O4/c1-7(2)8(9(11)12-17)10(16)13(3-5-14)4-6-15/h7-8,14-15,17H,3-6H2,1-2H3,(H2,11,12). The first-order chi connectivity index (χ1) is 7.99. The minimum Gasteiger partial charge on any atom is -0.409 e. The summed E-state index contributed by atoms with van der Waals surface area (Å²) in [5, 5.41) is 29.2. The van der Waals surface area contributed by atoms with Crippen molar-refractivity contribution in [3.8, 4) is 0 Å². The lowest BCUT2D eigenvalue weighted by atomic mass is 9.93. The fraction of sp³-hybridized carbons (Fsp3) is 0.800. The molecule has 0 aliphatic carbocycles. The van der Waals surface area contributed by atoms with Crippen molar-refractivity contribution in [3.63, 3.8) is 0 Å². The van der Waals surface area contributed by atoms with Gasteiger partial charge in [0.1, 0.15) is 5.92 Å². The molecule has 100 valence electrons. The lowest BCUT2D eigenvalue weighted by Crippen LogP contribution is -2.46. The molecular formula is C10H21N3O4. The number of hydrogen-bond donors (Lipinski definition) is 4. The molecule has 17 heavy (non-hydrogen) atoms. The highest BCUT2D eigenvalue weighted by atomic mass is 16.4. The number of nitrogens with two attached hydrogens (primary N) is 1. The number of aliphatic hydroxyl groups is 2. The Balaban J connectivity index is 4.90. The SMILES string of the molecule is CC(C)C(C(=O)N(CCO)CCO)C(N)=NO. The largest absolute Gasteiger partial charge is 0.409 e. The molecule has 0 spiro atoms. The van der Waals surface area contributed by atoms with Crippen LogP contribution in [0, 0.1) is 11.8 Å². The molecule has 7 heteroatoms. The predicted molar refractivity (Wildman–Crippen MR) is 62.5 cm³/mol. The second-order valence-corrected chi connectivity index (χ2v) is 4.02. The van der Waals surface area contributed by atoms with Gasteiger partial charge in [0, 0.05) is 13.1 Å². The zero-order valence-corrected chi connectivity index (χ0v) is 10.2. The van der Waals surface area contributed by atoms with E-state index in [4.69, 9.17) is 21.2 Å². The van der Waals surface area contributed by atoms with Gasteiger partial charge in [0.2, 0.25) is 5.91 Å². The zero-order chi connectivity index (χ0) is 13.4. The van der Waals surface area contributed by atoms with E-state index in [0.717, 1.165) is 0 Å². The third-order valence-electron chi connectivity index (χ3n) is 2.42. The van der Waals surface area contributed by atoms with Crippen molar-refractivity contribution in [2.75, 3.05) is 26.3 Å². The normalized spacial score (nSPS) is 13.8. The lowest BCUT2D eigenvalue weighted by Gasteiger charge is -2.27. The van der Waals surface area contributed by atoms with Crippen LogP contribution in [0.15, 0.2) is 5.16 Å². The molecule has 0 bridgehead atoms. The van der Waals surface area contributed by atoms with Crippen molar-refractivity contribution in [1.82, 2.24) is 4.90 Å². The highest BCUT2D eigenvalue weighted by molar-refractivity contribution is 6.02. The topological polar surface area (TPSA) is 119 Å². The van der Waals surface area contributed by atoms with Crippen LogP contribution in [-0.4, -0.2) is 58.4 Å². The number of aliphatic hydroxyl groups excluding tert-OH is 2. The number of amides is 1. The molecular weight excluding hydrogens is 226 g/mol. The Morgan fingerprint density at radius 1 is 1.29 bits per heavy atom. The second-order valence-electron chi connectivity index (χ2n) is 4.02. The lowest BCUT2D eigenvalue weighted by molar-refractivity contribution is -0.135. The number of oxime groups is 1. The Morgan fingerprint density at radius 3 is 2.06 bits per heavy atom. The van der Waals surface area contributed by atoms with E-state index in [-0.39, 0.29) is 44.0 Å². The third kappa shape index (κ3) is 4.58. The molecule has 0 saturated carbocycles. The van der Waals surface area contributed by atoms with Crippen LogP contribution < -0.4 is 5.73 Å². The van der Waals surface area contributed by atoms with Gasteiger partial charge in [-0.25, -0.2) is 0 Å². The van der Waals surface area contributed by atoms with Crippen LogP contribution >= 0.6 is 0 Å². The van der Waals surface area contributed by atoms with Gasteiger partial charge in [-0.15, -0.1) is 0 Å². The summed E-state index contributed by atoms with van der Waals surface area (Å²) in [4.78, 5) is 13.4. The molecule has 0 rings (SSSR count). The minimum absolute atomic E-state index is 0.112. The summed E-state index contributed by atoms with van der Waals surface area (Å²) in [6, 6.07) is 0. The summed E-state index contributed by atoms with van der Waals surface area (Å²) >= 11 is 0. The van der Waals surface area contributed by atoms with Crippen LogP contribution in [0.5, 0.6) is 0 Å². The average Bonchev–Trinajstić information content (AvgIpc) is 2.28. The number of carbonyl (C=O) groups is 1. The van der Waals surface area contributed by atoms with Gasteiger partial charge in [-0.2, -0.15) is 0 Å². The van der Waals surface area contributed by atoms with Crippen LogP contribution in [0.2, 0.25) is 0 Å². The molecule has 0 aromatic heterocycles. The first-order valence-corrected chi connectivity index (χ1v) is 5.47. The van der Waals surface area contributed by atoms with Crippen LogP contribution in [-0.2, 0) is 4.79 Å². The summed E-state index contributed by atoms with van der Waals surface area (Å²) in [5.41, 5.74) is 5.48. The molecule has 1 amide bonds. The monoisotopic (exact) mass is 247 g/mol. The Kier molecular flexibility index (Phi) is 7.24. The van der Waals surface area contributed by atoms with Gasteiger partial charge in [-0.1, -0.05) is 19.0 Å². The summed E-state index contributed by atoms with van der Waals surface area (Å²) in [6.07, 6.45) is 0. The Bertz CT molecular complexity index is 262. The van der Waals surface area contributed by atoms with Crippen molar-refractivity contribution >= 4 is 11.7 Å². The summed E-state index contributed by atoms with van der Waals surface area (Å²) in [6.45, 7) is 3.37.